The molecule has 7 heteroatoms. The highest BCUT2D eigenvalue weighted by Gasteiger charge is 2.18. The first-order valence-electron chi connectivity index (χ1n) is 6.71. The molecule has 0 saturated carbocycles. The van der Waals surface area contributed by atoms with E-state index in [2.05, 4.69) is 4.98 Å². The Bertz CT molecular complexity index is 1000. The lowest BCUT2D eigenvalue weighted by Crippen LogP contribution is -2.01. The van der Waals surface area contributed by atoms with E-state index < -0.39 is 14.8 Å². The number of nitro groups is 1. The second kappa shape index (κ2) is 5.69. The highest BCUT2D eigenvalue weighted by molar-refractivity contribution is 7.91. The van der Waals surface area contributed by atoms with Crippen molar-refractivity contribution in [2.75, 3.05) is 0 Å². The minimum absolute atomic E-state index is 0.169. The van der Waals surface area contributed by atoms with Gasteiger partial charge in [0.15, 0.2) is 0 Å². The van der Waals surface area contributed by atoms with Gasteiger partial charge in [0, 0.05) is 28.7 Å². The van der Waals surface area contributed by atoms with Gasteiger partial charge < -0.3 is 4.98 Å². The number of benzene rings is 2. The zero-order valence-electron chi connectivity index (χ0n) is 11.8. The minimum atomic E-state index is -3.59. The quantitative estimate of drug-likeness (QED) is 0.587. The molecule has 0 atom stereocenters. The highest BCUT2D eigenvalue weighted by atomic mass is 32.2. The van der Waals surface area contributed by atoms with Crippen LogP contribution in [-0.2, 0) is 9.84 Å². The summed E-state index contributed by atoms with van der Waals surface area (Å²) >= 11 is 0. The molecule has 0 aliphatic carbocycles. The number of aromatic amines is 1. The predicted octanol–water partition coefficient (Wildman–Crippen LogP) is 3.25. The van der Waals surface area contributed by atoms with Crippen molar-refractivity contribution in [2.24, 2.45) is 0 Å². The SMILES string of the molecule is O=[N+]([O-])C=Cc1c[nH]c2cc(S(=O)(=O)c3ccccc3)ccc12. The van der Waals surface area contributed by atoms with Crippen LogP contribution in [0.15, 0.2) is 70.7 Å². The average Bonchev–Trinajstić information content (AvgIpc) is 2.96. The Morgan fingerprint density at radius 2 is 1.78 bits per heavy atom. The summed E-state index contributed by atoms with van der Waals surface area (Å²) in [5, 5.41) is 11.1. The normalized spacial score (nSPS) is 12.0. The van der Waals surface area contributed by atoms with Crippen LogP contribution in [0.4, 0.5) is 0 Å². The topological polar surface area (TPSA) is 93.1 Å². The Morgan fingerprint density at radius 3 is 2.48 bits per heavy atom. The van der Waals surface area contributed by atoms with Crippen LogP contribution in [0, 0.1) is 10.1 Å². The summed E-state index contributed by atoms with van der Waals surface area (Å²) in [5.41, 5.74) is 1.23. The van der Waals surface area contributed by atoms with Crippen molar-refractivity contribution in [3.8, 4) is 0 Å². The maximum Gasteiger partial charge on any atom is 0.235 e. The first-order chi connectivity index (χ1) is 11.0. The molecule has 1 heterocycles. The minimum Gasteiger partial charge on any atom is -0.361 e. The number of H-pyrrole nitrogens is 1. The molecule has 2 aromatic carbocycles. The molecule has 0 unspecified atom stereocenters. The molecule has 1 N–H and O–H groups in total. The van der Waals surface area contributed by atoms with E-state index in [4.69, 9.17) is 0 Å². The number of hydrogen-bond donors (Lipinski definition) is 1. The standard InChI is InChI=1S/C16H12N2O4S/c19-18(20)9-8-12-11-17-16-10-14(6-7-15(12)16)23(21,22)13-4-2-1-3-5-13/h1-11,17H. The van der Waals surface area contributed by atoms with E-state index >= 15 is 0 Å². The third-order valence-electron chi connectivity index (χ3n) is 3.42. The number of sulfone groups is 1. The number of nitrogens with zero attached hydrogens (tertiary/aromatic N) is 1. The lowest BCUT2D eigenvalue weighted by molar-refractivity contribution is -0.400. The number of nitrogens with one attached hydrogen (secondary N) is 1. The lowest BCUT2D eigenvalue weighted by atomic mass is 10.2. The van der Waals surface area contributed by atoms with Crippen LogP contribution in [0.1, 0.15) is 5.56 Å². The molecule has 0 bridgehead atoms. The fraction of sp³-hybridized carbons (Fsp3) is 0. The summed E-state index contributed by atoms with van der Waals surface area (Å²) in [6.07, 6.45) is 3.81. The molecule has 0 fully saturated rings. The molecule has 3 rings (SSSR count). The largest absolute Gasteiger partial charge is 0.361 e. The van der Waals surface area contributed by atoms with E-state index in [1.54, 1.807) is 42.6 Å². The van der Waals surface area contributed by atoms with E-state index in [1.807, 2.05) is 0 Å². The van der Waals surface area contributed by atoms with Crippen LogP contribution in [0.2, 0.25) is 0 Å². The Morgan fingerprint density at radius 1 is 1.04 bits per heavy atom. The van der Waals surface area contributed by atoms with E-state index in [9.17, 15) is 18.5 Å². The van der Waals surface area contributed by atoms with Crippen molar-refractivity contribution < 1.29 is 13.3 Å². The Labute approximate surface area is 132 Å². The van der Waals surface area contributed by atoms with Gasteiger partial charge in [0.2, 0.25) is 16.0 Å². The summed E-state index contributed by atoms with van der Waals surface area (Å²) in [7, 11) is -3.59. The molecular formula is C16H12N2O4S. The molecule has 3 aromatic rings. The summed E-state index contributed by atoms with van der Waals surface area (Å²) in [4.78, 5) is 13.2. The van der Waals surface area contributed by atoms with E-state index in [0.29, 0.717) is 11.1 Å². The zero-order valence-corrected chi connectivity index (χ0v) is 12.7. The smallest absolute Gasteiger partial charge is 0.235 e. The van der Waals surface area contributed by atoms with Gasteiger partial charge in [-0.2, -0.15) is 0 Å². The van der Waals surface area contributed by atoms with Gasteiger partial charge in [0.25, 0.3) is 0 Å². The third kappa shape index (κ3) is 2.86. The molecule has 0 radical (unpaired) electrons. The van der Waals surface area contributed by atoms with Gasteiger partial charge in [-0.25, -0.2) is 8.42 Å². The third-order valence-corrected chi connectivity index (χ3v) is 5.19. The number of hydrogen-bond acceptors (Lipinski definition) is 4. The van der Waals surface area contributed by atoms with Crippen LogP contribution < -0.4 is 0 Å². The van der Waals surface area contributed by atoms with Gasteiger partial charge in [-0.15, -0.1) is 0 Å². The fourth-order valence-corrected chi connectivity index (χ4v) is 3.62. The molecule has 6 nitrogen and oxygen atoms in total. The zero-order chi connectivity index (χ0) is 16.4. The fourth-order valence-electron chi connectivity index (χ4n) is 2.31. The summed E-state index contributed by atoms with van der Waals surface area (Å²) in [5.74, 6) is 0. The summed E-state index contributed by atoms with van der Waals surface area (Å²) in [6.45, 7) is 0. The number of fused-ring (bicyclic) bond motifs is 1. The average molecular weight is 328 g/mol. The number of aromatic nitrogens is 1. The highest BCUT2D eigenvalue weighted by Crippen LogP contribution is 2.26. The van der Waals surface area contributed by atoms with Crippen molar-refractivity contribution in [3.63, 3.8) is 0 Å². The van der Waals surface area contributed by atoms with Crippen LogP contribution in [0.3, 0.4) is 0 Å². The molecule has 0 saturated heterocycles. The van der Waals surface area contributed by atoms with Crippen LogP contribution in [-0.4, -0.2) is 18.3 Å². The maximum absolute atomic E-state index is 12.6. The molecule has 0 spiro atoms. The van der Waals surface area contributed by atoms with Crippen molar-refractivity contribution in [3.05, 3.63) is 76.6 Å². The summed E-state index contributed by atoms with van der Waals surface area (Å²) in [6, 6.07) is 12.8. The van der Waals surface area contributed by atoms with E-state index in [0.717, 1.165) is 11.6 Å². The van der Waals surface area contributed by atoms with E-state index in [-0.39, 0.29) is 9.79 Å². The Hall–Kier alpha value is -2.93. The van der Waals surface area contributed by atoms with Crippen molar-refractivity contribution in [2.45, 2.75) is 9.79 Å². The Balaban J connectivity index is 2.07. The molecule has 0 amide bonds. The Kier molecular flexibility index (Phi) is 3.71. The molecule has 1 aromatic heterocycles. The first-order valence-corrected chi connectivity index (χ1v) is 8.20. The summed E-state index contributed by atoms with van der Waals surface area (Å²) < 4.78 is 25.2. The van der Waals surface area contributed by atoms with Crippen LogP contribution in [0.25, 0.3) is 17.0 Å². The van der Waals surface area contributed by atoms with Gasteiger partial charge in [-0.3, -0.25) is 10.1 Å². The second-order valence-electron chi connectivity index (χ2n) is 4.87. The molecular weight excluding hydrogens is 316 g/mol. The number of rotatable bonds is 4. The van der Waals surface area contributed by atoms with Crippen molar-refractivity contribution in [1.29, 1.82) is 0 Å². The van der Waals surface area contributed by atoms with Crippen molar-refractivity contribution >= 4 is 26.8 Å². The molecule has 0 aliphatic heterocycles. The van der Waals surface area contributed by atoms with Gasteiger partial charge in [0.05, 0.1) is 14.7 Å². The molecule has 116 valence electrons. The first kappa shape index (κ1) is 15.0. The van der Waals surface area contributed by atoms with Crippen molar-refractivity contribution in [1.82, 2.24) is 4.98 Å². The van der Waals surface area contributed by atoms with Crippen LogP contribution in [0.5, 0.6) is 0 Å². The van der Waals surface area contributed by atoms with Gasteiger partial charge >= 0.3 is 0 Å². The van der Waals surface area contributed by atoms with Crippen LogP contribution >= 0.6 is 0 Å². The molecule has 23 heavy (non-hydrogen) atoms. The lowest BCUT2D eigenvalue weighted by Gasteiger charge is -2.04. The maximum atomic E-state index is 12.6. The monoisotopic (exact) mass is 328 g/mol. The van der Waals surface area contributed by atoms with Gasteiger partial charge in [0.1, 0.15) is 0 Å². The van der Waals surface area contributed by atoms with Gasteiger partial charge in [-0.05, 0) is 24.3 Å². The van der Waals surface area contributed by atoms with Gasteiger partial charge in [-0.1, -0.05) is 24.3 Å². The predicted molar refractivity (Wildman–Crippen MR) is 86.2 cm³/mol. The van der Waals surface area contributed by atoms with E-state index in [1.165, 1.54) is 18.2 Å². The molecule has 0 aliphatic rings. The second-order valence-corrected chi connectivity index (χ2v) is 6.82.